The maximum Gasteiger partial charge on any atom is 0.164 e. The Bertz CT molecular complexity index is 3210. The lowest BCUT2D eigenvalue weighted by atomic mass is 9.94. The molecule has 9 aromatic carbocycles. The van der Waals surface area contributed by atoms with Gasteiger partial charge >= 0.3 is 0 Å². The van der Waals surface area contributed by atoms with Crippen molar-refractivity contribution >= 4 is 60.5 Å². The molecule has 58 heavy (non-hydrogen) atoms. The molecule has 11 rings (SSSR count). The second-order valence-corrected chi connectivity index (χ2v) is 14.4. The van der Waals surface area contributed by atoms with Crippen molar-refractivity contribution in [3.63, 3.8) is 0 Å². The van der Waals surface area contributed by atoms with Gasteiger partial charge in [-0.05, 0) is 87.3 Å². The molecule has 0 saturated heterocycles. The molecule has 0 N–H and O–H groups in total. The van der Waals surface area contributed by atoms with Crippen LogP contribution >= 0.6 is 0 Å². The number of hydrogen-bond donors (Lipinski definition) is 0. The number of nitrogens with zero attached hydrogens (tertiary/aromatic N) is 4. The van der Waals surface area contributed by atoms with E-state index in [2.05, 4.69) is 150 Å². The average molecular weight is 743 g/mol. The molecular weight excluding hydrogens is 709 g/mol. The topological polar surface area (TPSA) is 55.1 Å². The fourth-order valence-electron chi connectivity index (χ4n) is 8.09. The summed E-state index contributed by atoms with van der Waals surface area (Å²) >= 11 is 0. The van der Waals surface area contributed by atoms with Crippen LogP contribution in [0.25, 0.3) is 88.8 Å². The molecule has 2 aromatic heterocycles. The molecule has 0 radical (unpaired) electrons. The zero-order valence-corrected chi connectivity index (χ0v) is 31.3. The molecule has 0 atom stereocenters. The Morgan fingerprint density at radius 3 is 1.55 bits per heavy atom. The Morgan fingerprint density at radius 1 is 0.328 bits per heavy atom. The van der Waals surface area contributed by atoms with Crippen molar-refractivity contribution in [1.29, 1.82) is 0 Å². The van der Waals surface area contributed by atoms with E-state index in [0.29, 0.717) is 17.5 Å². The van der Waals surface area contributed by atoms with Gasteiger partial charge in [-0.15, -0.1) is 0 Å². The number of benzene rings is 9. The highest BCUT2D eigenvalue weighted by molar-refractivity contribution is 6.23. The van der Waals surface area contributed by atoms with Gasteiger partial charge < -0.3 is 9.32 Å². The number of hydrogen-bond acceptors (Lipinski definition) is 5. The minimum absolute atomic E-state index is 0.573. The number of para-hydroxylation sites is 1. The van der Waals surface area contributed by atoms with E-state index >= 15 is 0 Å². The summed E-state index contributed by atoms with van der Waals surface area (Å²) in [7, 11) is 0. The second kappa shape index (κ2) is 14.0. The lowest BCUT2D eigenvalue weighted by Gasteiger charge is -2.26. The summed E-state index contributed by atoms with van der Waals surface area (Å²) in [5.74, 6) is 1.80. The second-order valence-electron chi connectivity index (χ2n) is 14.4. The predicted octanol–water partition coefficient (Wildman–Crippen LogP) is 14.2. The van der Waals surface area contributed by atoms with Crippen LogP contribution in [0.2, 0.25) is 0 Å². The standard InChI is InChI=1S/C53H34N4O/c1-4-16-38(17-5-1)51-54-52(39-18-6-2-7-19-39)56-53(55-51)41-33-46(50-48(34-41)58-47-31-27-36-15-12-13-23-45(36)49(47)50)37-25-28-43(29-26-37)57(42-21-8-3-9-22-42)44-30-24-35-14-10-11-20-40(35)32-44/h1-34H. The van der Waals surface area contributed by atoms with Crippen LogP contribution < -0.4 is 4.90 Å². The monoisotopic (exact) mass is 742 g/mol. The summed E-state index contributed by atoms with van der Waals surface area (Å²) in [5.41, 5.74) is 9.61. The zero-order chi connectivity index (χ0) is 38.4. The molecular formula is C53H34N4O. The van der Waals surface area contributed by atoms with E-state index in [1.165, 1.54) is 10.8 Å². The zero-order valence-electron chi connectivity index (χ0n) is 31.3. The van der Waals surface area contributed by atoms with Crippen molar-refractivity contribution in [1.82, 2.24) is 15.0 Å². The van der Waals surface area contributed by atoms with Crippen molar-refractivity contribution in [2.45, 2.75) is 0 Å². The molecule has 2 heterocycles. The fourth-order valence-corrected chi connectivity index (χ4v) is 8.09. The minimum Gasteiger partial charge on any atom is -0.456 e. The lowest BCUT2D eigenvalue weighted by molar-refractivity contribution is 0.669. The van der Waals surface area contributed by atoms with Gasteiger partial charge in [-0.1, -0.05) is 152 Å². The molecule has 272 valence electrons. The van der Waals surface area contributed by atoms with Crippen LogP contribution in [0.3, 0.4) is 0 Å². The molecule has 5 nitrogen and oxygen atoms in total. The molecule has 0 unspecified atom stereocenters. The largest absolute Gasteiger partial charge is 0.456 e. The van der Waals surface area contributed by atoms with E-state index in [9.17, 15) is 0 Å². The van der Waals surface area contributed by atoms with Crippen molar-refractivity contribution in [2.75, 3.05) is 4.90 Å². The normalized spacial score (nSPS) is 11.4. The Morgan fingerprint density at radius 2 is 0.862 bits per heavy atom. The van der Waals surface area contributed by atoms with Gasteiger partial charge in [0.15, 0.2) is 17.5 Å². The third kappa shape index (κ3) is 5.94. The summed E-state index contributed by atoms with van der Waals surface area (Å²) < 4.78 is 6.75. The molecule has 11 aromatic rings. The first kappa shape index (κ1) is 33.4. The fraction of sp³-hybridized carbons (Fsp3) is 0. The molecule has 0 aliphatic rings. The first-order chi connectivity index (χ1) is 28.7. The van der Waals surface area contributed by atoms with Gasteiger partial charge in [0, 0.05) is 44.5 Å². The molecule has 0 spiro atoms. The lowest BCUT2D eigenvalue weighted by Crippen LogP contribution is -2.09. The Hall–Kier alpha value is -7.89. The van der Waals surface area contributed by atoms with Gasteiger partial charge in [0.1, 0.15) is 11.2 Å². The van der Waals surface area contributed by atoms with Gasteiger partial charge in [0.05, 0.1) is 0 Å². The minimum atomic E-state index is 0.573. The third-order valence-corrected chi connectivity index (χ3v) is 10.9. The van der Waals surface area contributed by atoms with Gasteiger partial charge in [-0.2, -0.15) is 0 Å². The highest BCUT2D eigenvalue weighted by Crippen LogP contribution is 2.44. The Kier molecular flexibility index (Phi) is 8.07. The Labute approximate surface area is 335 Å². The van der Waals surface area contributed by atoms with E-state index in [1.807, 2.05) is 60.7 Å². The number of anilines is 3. The maximum atomic E-state index is 6.75. The van der Waals surface area contributed by atoms with Crippen LogP contribution in [0.4, 0.5) is 17.1 Å². The van der Waals surface area contributed by atoms with E-state index in [-0.39, 0.29) is 0 Å². The summed E-state index contributed by atoms with van der Waals surface area (Å²) in [4.78, 5) is 17.5. The van der Waals surface area contributed by atoms with Crippen LogP contribution in [0.5, 0.6) is 0 Å². The first-order valence-electron chi connectivity index (χ1n) is 19.4. The van der Waals surface area contributed by atoms with E-state index in [4.69, 9.17) is 19.4 Å². The molecule has 0 amide bonds. The summed E-state index contributed by atoms with van der Waals surface area (Å²) in [5, 5.41) is 6.86. The molecule has 0 saturated carbocycles. The maximum absolute atomic E-state index is 6.75. The quantitative estimate of drug-likeness (QED) is 0.163. The van der Waals surface area contributed by atoms with Crippen LogP contribution in [-0.2, 0) is 0 Å². The average Bonchev–Trinajstić information content (AvgIpc) is 3.69. The SMILES string of the molecule is c1ccc(-c2nc(-c3ccccc3)nc(-c3cc(-c4ccc(N(c5ccccc5)c5ccc6ccccc6c5)cc4)c4c(c3)oc3ccc5ccccc5c34)n2)cc1. The molecule has 0 aliphatic heterocycles. The smallest absolute Gasteiger partial charge is 0.164 e. The number of aromatic nitrogens is 3. The van der Waals surface area contributed by atoms with Crippen LogP contribution in [-0.4, -0.2) is 15.0 Å². The number of fused-ring (bicyclic) bond motifs is 6. The molecule has 0 bridgehead atoms. The number of furan rings is 1. The number of rotatable bonds is 7. The molecule has 0 fully saturated rings. The van der Waals surface area contributed by atoms with Gasteiger partial charge in [-0.3, -0.25) is 0 Å². The van der Waals surface area contributed by atoms with Crippen molar-refractivity contribution in [3.8, 4) is 45.3 Å². The van der Waals surface area contributed by atoms with Crippen LogP contribution in [0.1, 0.15) is 0 Å². The van der Waals surface area contributed by atoms with Crippen molar-refractivity contribution in [3.05, 3.63) is 206 Å². The highest BCUT2D eigenvalue weighted by Gasteiger charge is 2.21. The Balaban J connectivity index is 1.12. The van der Waals surface area contributed by atoms with Gasteiger partial charge in [-0.25, -0.2) is 15.0 Å². The highest BCUT2D eigenvalue weighted by atomic mass is 16.3. The van der Waals surface area contributed by atoms with Gasteiger partial charge in [0.2, 0.25) is 0 Å². The molecule has 5 heteroatoms. The first-order valence-corrected chi connectivity index (χ1v) is 19.4. The van der Waals surface area contributed by atoms with Crippen LogP contribution in [0, 0.1) is 0 Å². The van der Waals surface area contributed by atoms with Crippen molar-refractivity contribution in [2.24, 2.45) is 0 Å². The van der Waals surface area contributed by atoms with E-state index in [1.54, 1.807) is 0 Å². The summed E-state index contributed by atoms with van der Waals surface area (Å²) in [6, 6.07) is 71.7. The van der Waals surface area contributed by atoms with Crippen molar-refractivity contribution < 1.29 is 4.42 Å². The van der Waals surface area contributed by atoms with E-state index < -0.39 is 0 Å². The van der Waals surface area contributed by atoms with Gasteiger partial charge in [0.25, 0.3) is 0 Å². The van der Waals surface area contributed by atoms with E-state index in [0.717, 1.165) is 77.6 Å². The third-order valence-electron chi connectivity index (χ3n) is 10.9. The molecule has 0 aliphatic carbocycles. The predicted molar refractivity (Wildman–Crippen MR) is 239 cm³/mol. The van der Waals surface area contributed by atoms with Crippen LogP contribution in [0.15, 0.2) is 211 Å². The summed E-state index contributed by atoms with van der Waals surface area (Å²) in [6.07, 6.45) is 0. The summed E-state index contributed by atoms with van der Waals surface area (Å²) in [6.45, 7) is 0.